The van der Waals surface area contributed by atoms with Crippen LogP contribution in [0.2, 0.25) is 21.1 Å². The summed E-state index contributed by atoms with van der Waals surface area (Å²) < 4.78 is 0. The first kappa shape index (κ1) is 16.5. The molecule has 0 fully saturated rings. The molecule has 1 heteroatoms. The van der Waals surface area contributed by atoms with E-state index in [0.29, 0.717) is 0 Å². The minimum atomic E-state index is -1.17. The number of hydrogen-bond acceptors (Lipinski definition) is 0. The number of hydrogen-bond donors (Lipinski definition) is 0. The maximum absolute atomic E-state index is 2.40. The molecule has 0 aliphatic rings. The van der Waals surface area contributed by atoms with E-state index in [1.54, 1.807) is 21.1 Å². The first-order valence-electron chi connectivity index (χ1n) is 7.96. The SMILES string of the molecule is CCC[CH2][Al-]([CH2]CC)([CH2]CCC)[CH2]CCC. The molecular weight excluding hydrogens is 207 g/mol. The first-order chi connectivity index (χ1) is 7.74. The Hall–Kier alpha value is 0.532. The fourth-order valence-corrected chi connectivity index (χ4v) is 10.2. The molecule has 0 bridgehead atoms. The zero-order chi connectivity index (χ0) is 12.3. The van der Waals surface area contributed by atoms with Crippen molar-refractivity contribution in [2.45, 2.75) is 93.8 Å². The van der Waals surface area contributed by atoms with Crippen LogP contribution in [0.15, 0.2) is 0 Å². The molecule has 0 aromatic heterocycles. The second-order valence-corrected chi connectivity index (χ2v) is 11.7. The van der Waals surface area contributed by atoms with Gasteiger partial charge in [0.25, 0.3) is 0 Å². The Morgan fingerprint density at radius 3 is 1.12 bits per heavy atom. The molecule has 0 saturated heterocycles. The second-order valence-electron chi connectivity index (χ2n) is 5.95. The van der Waals surface area contributed by atoms with Crippen LogP contribution in [0.25, 0.3) is 0 Å². The summed E-state index contributed by atoms with van der Waals surface area (Å²) in [4.78, 5) is 0. The summed E-state index contributed by atoms with van der Waals surface area (Å²) in [6.45, 7) is 9.47. The van der Waals surface area contributed by atoms with Gasteiger partial charge in [-0.25, -0.2) is 0 Å². The van der Waals surface area contributed by atoms with Gasteiger partial charge in [-0.2, -0.15) is 21.1 Å². The molecule has 0 spiro atoms. The van der Waals surface area contributed by atoms with Gasteiger partial charge in [-0.05, 0) is 0 Å². The Balaban J connectivity index is 4.32. The summed E-state index contributed by atoms with van der Waals surface area (Å²) in [5, 5.41) is 6.58. The van der Waals surface area contributed by atoms with Crippen LogP contribution in [0.5, 0.6) is 0 Å². The van der Waals surface area contributed by atoms with Crippen molar-refractivity contribution in [3.05, 3.63) is 0 Å². The van der Waals surface area contributed by atoms with E-state index in [1.165, 1.54) is 44.9 Å². The van der Waals surface area contributed by atoms with Crippen LogP contribution < -0.4 is 0 Å². The van der Waals surface area contributed by atoms with Gasteiger partial charge < -0.3 is 0 Å². The van der Waals surface area contributed by atoms with Gasteiger partial charge in [0.05, 0.1) is 0 Å². The molecule has 0 nitrogen and oxygen atoms in total. The predicted octanol–water partition coefficient (Wildman–Crippen LogP) is 6.25. The molecule has 0 unspecified atom stereocenters. The minimum Gasteiger partial charge on any atom is -0.192 e. The molecule has 0 amide bonds. The lowest BCUT2D eigenvalue weighted by Crippen LogP contribution is -2.33. The average molecular weight is 241 g/mol. The van der Waals surface area contributed by atoms with Crippen LogP contribution in [-0.2, 0) is 0 Å². The zero-order valence-corrected chi connectivity index (χ0v) is 13.5. The van der Waals surface area contributed by atoms with Crippen LogP contribution in [-0.4, -0.2) is 13.1 Å². The van der Waals surface area contributed by atoms with Crippen LogP contribution in [0.4, 0.5) is 0 Å². The molecule has 0 aromatic carbocycles. The zero-order valence-electron chi connectivity index (χ0n) is 12.4. The van der Waals surface area contributed by atoms with Crippen molar-refractivity contribution in [1.82, 2.24) is 0 Å². The lowest BCUT2D eigenvalue weighted by molar-refractivity contribution is 0.778. The van der Waals surface area contributed by atoms with Crippen molar-refractivity contribution in [3.63, 3.8) is 0 Å². The Labute approximate surface area is 107 Å². The van der Waals surface area contributed by atoms with E-state index in [1.807, 2.05) is 0 Å². The largest absolute Gasteiger partial charge is 0.192 e. The quantitative estimate of drug-likeness (QED) is 0.375. The van der Waals surface area contributed by atoms with Crippen LogP contribution in [0.1, 0.15) is 72.6 Å². The predicted molar refractivity (Wildman–Crippen MR) is 80.0 cm³/mol. The molecule has 0 aliphatic carbocycles. The van der Waals surface area contributed by atoms with E-state index in [4.69, 9.17) is 0 Å². The third-order valence-corrected chi connectivity index (χ3v) is 11.1. The average Bonchev–Trinajstić information content (AvgIpc) is 2.31. The number of unbranched alkanes of at least 4 members (excludes halogenated alkanes) is 3. The molecule has 0 saturated carbocycles. The van der Waals surface area contributed by atoms with Gasteiger partial charge in [0.2, 0.25) is 0 Å². The highest BCUT2D eigenvalue weighted by atomic mass is 27.2. The van der Waals surface area contributed by atoms with Crippen LogP contribution in [0, 0.1) is 0 Å². The Kier molecular flexibility index (Phi) is 11.0. The highest BCUT2D eigenvalue weighted by Crippen LogP contribution is 2.32. The van der Waals surface area contributed by atoms with Gasteiger partial charge >= 0.3 is 0 Å². The van der Waals surface area contributed by atoms with Gasteiger partial charge in [0.1, 0.15) is 13.1 Å². The van der Waals surface area contributed by atoms with Gasteiger partial charge in [0, 0.05) is 0 Å². The Bertz CT molecular complexity index is 121. The van der Waals surface area contributed by atoms with E-state index >= 15 is 0 Å². The van der Waals surface area contributed by atoms with Crippen molar-refractivity contribution in [2.24, 2.45) is 0 Å². The van der Waals surface area contributed by atoms with E-state index in [9.17, 15) is 0 Å². The van der Waals surface area contributed by atoms with E-state index in [0.717, 1.165) is 0 Å². The fourth-order valence-electron chi connectivity index (χ4n) is 3.39. The molecule has 0 aromatic rings. The first-order valence-corrected chi connectivity index (χ1v) is 11.2. The molecule has 0 aliphatic heterocycles. The van der Waals surface area contributed by atoms with Crippen molar-refractivity contribution in [2.75, 3.05) is 0 Å². The van der Waals surface area contributed by atoms with Crippen LogP contribution in [0.3, 0.4) is 0 Å². The Morgan fingerprint density at radius 1 is 0.500 bits per heavy atom. The van der Waals surface area contributed by atoms with E-state index < -0.39 is 13.1 Å². The monoisotopic (exact) mass is 241 g/mol. The van der Waals surface area contributed by atoms with E-state index in [-0.39, 0.29) is 0 Å². The standard InChI is InChI=1S/3C4H9.C3H7.Al/c3*1-3-4-2;1-3-2;/h3*1,3-4H2,2H3;1,3H2,2H3;/q;;;;-1. The van der Waals surface area contributed by atoms with Crippen LogP contribution >= 0.6 is 0 Å². The molecule has 0 radical (unpaired) electrons. The molecule has 0 atom stereocenters. The van der Waals surface area contributed by atoms with Gasteiger partial charge in [-0.3, -0.25) is 0 Å². The van der Waals surface area contributed by atoms with E-state index in [2.05, 4.69) is 27.7 Å². The fraction of sp³-hybridized carbons (Fsp3) is 1.00. The van der Waals surface area contributed by atoms with Crippen molar-refractivity contribution in [3.8, 4) is 0 Å². The summed E-state index contributed by atoms with van der Waals surface area (Å²) in [5.74, 6) is 0. The summed E-state index contributed by atoms with van der Waals surface area (Å²) in [6, 6.07) is 0. The molecule has 16 heavy (non-hydrogen) atoms. The molecule has 0 N–H and O–H groups in total. The highest BCUT2D eigenvalue weighted by Gasteiger charge is 2.25. The van der Waals surface area contributed by atoms with Crippen molar-refractivity contribution in [1.29, 1.82) is 0 Å². The van der Waals surface area contributed by atoms with Gasteiger partial charge in [-0.15, -0.1) is 0 Å². The van der Waals surface area contributed by atoms with Gasteiger partial charge in [0.15, 0.2) is 0 Å². The molecule has 98 valence electrons. The lowest BCUT2D eigenvalue weighted by Gasteiger charge is -2.36. The topological polar surface area (TPSA) is 0 Å². The van der Waals surface area contributed by atoms with Crippen molar-refractivity contribution < 1.29 is 0 Å². The Morgan fingerprint density at radius 2 is 0.875 bits per heavy atom. The normalized spacial score (nSPS) is 12.0. The molecule has 0 rings (SSSR count). The molecular formula is C15H34Al-. The third kappa shape index (κ3) is 6.98. The summed E-state index contributed by atoms with van der Waals surface area (Å²) >= 11 is -1.17. The molecule has 0 heterocycles. The minimum absolute atomic E-state index is 1.17. The summed E-state index contributed by atoms with van der Waals surface area (Å²) in [6.07, 6.45) is 10.2. The maximum atomic E-state index is 2.40. The summed E-state index contributed by atoms with van der Waals surface area (Å²) in [5.41, 5.74) is 0. The third-order valence-electron chi connectivity index (χ3n) is 4.41. The number of rotatable bonds is 11. The van der Waals surface area contributed by atoms with Crippen molar-refractivity contribution >= 4 is 13.1 Å². The highest BCUT2D eigenvalue weighted by molar-refractivity contribution is 6.79. The summed E-state index contributed by atoms with van der Waals surface area (Å²) in [7, 11) is 0. The lowest BCUT2D eigenvalue weighted by atomic mass is 10.4. The second kappa shape index (κ2) is 10.7. The maximum Gasteiger partial charge on any atom is 0.134 e. The van der Waals surface area contributed by atoms with Gasteiger partial charge in [-0.1, -0.05) is 72.6 Å². The smallest absolute Gasteiger partial charge is 0.134 e.